The fourth-order valence-corrected chi connectivity index (χ4v) is 3.35. The van der Waals surface area contributed by atoms with E-state index in [2.05, 4.69) is 38.9 Å². The van der Waals surface area contributed by atoms with Crippen LogP contribution < -0.4 is 20.3 Å². The number of nitrogens with one attached hydrogen (secondary N) is 2. The lowest BCUT2D eigenvalue weighted by molar-refractivity contribution is -0.121. The van der Waals surface area contributed by atoms with Crippen molar-refractivity contribution < 1.29 is 19.1 Å². The highest BCUT2D eigenvalue weighted by molar-refractivity contribution is 9.10. The number of hydrogen-bond acceptors (Lipinski definition) is 4. The molecule has 0 heterocycles. The molecule has 0 radical (unpaired) electrons. The van der Waals surface area contributed by atoms with E-state index < -0.39 is 5.91 Å². The van der Waals surface area contributed by atoms with Crippen molar-refractivity contribution in [2.75, 3.05) is 13.7 Å². The van der Waals surface area contributed by atoms with E-state index in [9.17, 15) is 9.59 Å². The van der Waals surface area contributed by atoms with Gasteiger partial charge in [-0.1, -0.05) is 42.5 Å². The molecule has 0 unspecified atom stereocenters. The Kier molecular flexibility index (Phi) is 8.06. The summed E-state index contributed by atoms with van der Waals surface area (Å²) >= 11 is 3.44. The van der Waals surface area contributed by atoms with Crippen molar-refractivity contribution in [1.29, 1.82) is 0 Å². The zero-order valence-corrected chi connectivity index (χ0v) is 18.6. The summed E-state index contributed by atoms with van der Waals surface area (Å²) in [6, 6.07) is 22.3. The first-order chi connectivity index (χ1) is 15.0. The normalized spacial score (nSPS) is 10.3. The summed E-state index contributed by atoms with van der Waals surface area (Å²) < 4.78 is 11.6. The minimum atomic E-state index is -0.417. The Morgan fingerprint density at radius 1 is 0.903 bits per heavy atom. The zero-order valence-electron chi connectivity index (χ0n) is 17.1. The Labute approximate surface area is 189 Å². The monoisotopic (exact) mass is 482 g/mol. The summed E-state index contributed by atoms with van der Waals surface area (Å²) in [7, 11) is 1.58. The van der Waals surface area contributed by atoms with E-state index >= 15 is 0 Å². The maximum atomic E-state index is 12.3. The molecule has 0 atom stereocenters. The number of amides is 2. The van der Waals surface area contributed by atoms with Gasteiger partial charge in [0.15, 0.2) is 0 Å². The number of carbonyl (C=O) groups is 2. The SMILES string of the molecule is COc1ccc(CC(=O)NNC(=O)c2ccc(OCCc3ccccc3)c(Br)c2)cc1. The first-order valence-corrected chi connectivity index (χ1v) is 10.5. The third-order valence-electron chi connectivity index (χ3n) is 4.52. The molecule has 0 spiro atoms. The molecule has 0 fully saturated rings. The van der Waals surface area contributed by atoms with Crippen LogP contribution in [-0.4, -0.2) is 25.5 Å². The lowest BCUT2D eigenvalue weighted by atomic mass is 10.1. The average molecular weight is 483 g/mol. The highest BCUT2D eigenvalue weighted by Crippen LogP contribution is 2.26. The van der Waals surface area contributed by atoms with Crippen LogP contribution in [0.1, 0.15) is 21.5 Å². The minimum absolute atomic E-state index is 0.141. The van der Waals surface area contributed by atoms with E-state index in [-0.39, 0.29) is 12.3 Å². The van der Waals surface area contributed by atoms with E-state index in [1.54, 1.807) is 49.6 Å². The molecule has 0 aliphatic heterocycles. The fourth-order valence-electron chi connectivity index (χ4n) is 2.85. The van der Waals surface area contributed by atoms with Crippen LogP contribution in [0.25, 0.3) is 0 Å². The van der Waals surface area contributed by atoms with Crippen LogP contribution >= 0.6 is 15.9 Å². The van der Waals surface area contributed by atoms with E-state index in [1.807, 2.05) is 18.2 Å². The first-order valence-electron chi connectivity index (χ1n) is 9.73. The van der Waals surface area contributed by atoms with Crippen molar-refractivity contribution in [2.24, 2.45) is 0 Å². The van der Waals surface area contributed by atoms with Crippen LogP contribution in [0.2, 0.25) is 0 Å². The lowest BCUT2D eigenvalue weighted by Crippen LogP contribution is -2.42. The molecule has 6 nitrogen and oxygen atoms in total. The molecule has 3 rings (SSSR count). The van der Waals surface area contributed by atoms with Crippen molar-refractivity contribution >= 4 is 27.7 Å². The molecule has 7 heteroatoms. The molecule has 0 saturated carbocycles. The number of benzene rings is 3. The highest BCUT2D eigenvalue weighted by atomic mass is 79.9. The summed E-state index contributed by atoms with van der Waals surface area (Å²) in [4.78, 5) is 24.4. The Bertz CT molecular complexity index is 1020. The molecule has 0 aliphatic rings. The van der Waals surface area contributed by atoms with Crippen LogP contribution in [0.4, 0.5) is 0 Å². The maximum absolute atomic E-state index is 12.3. The van der Waals surface area contributed by atoms with Gasteiger partial charge in [0, 0.05) is 12.0 Å². The van der Waals surface area contributed by atoms with Crippen LogP contribution in [0.15, 0.2) is 77.3 Å². The molecule has 2 N–H and O–H groups in total. The van der Waals surface area contributed by atoms with Gasteiger partial charge in [-0.3, -0.25) is 20.4 Å². The summed E-state index contributed by atoms with van der Waals surface area (Å²) in [6.07, 6.45) is 0.928. The number of halogens is 1. The van der Waals surface area contributed by atoms with Gasteiger partial charge in [0.05, 0.1) is 24.6 Å². The van der Waals surface area contributed by atoms with Crippen LogP contribution in [-0.2, 0) is 17.6 Å². The molecule has 0 saturated heterocycles. The number of hydrogen-bond donors (Lipinski definition) is 2. The summed E-state index contributed by atoms with van der Waals surface area (Å²) in [5.41, 5.74) is 7.26. The van der Waals surface area contributed by atoms with E-state index in [1.165, 1.54) is 5.56 Å². The predicted molar refractivity (Wildman–Crippen MR) is 122 cm³/mol. The Balaban J connectivity index is 1.47. The smallest absolute Gasteiger partial charge is 0.269 e. The van der Waals surface area contributed by atoms with Gasteiger partial charge >= 0.3 is 0 Å². The van der Waals surface area contributed by atoms with Crippen LogP contribution in [0.5, 0.6) is 11.5 Å². The standard InChI is InChI=1S/C24H23BrN2O4/c1-30-20-10-7-18(8-11-20)15-23(28)26-27-24(29)19-9-12-22(21(25)16-19)31-14-13-17-5-3-2-4-6-17/h2-12,16H,13-15H2,1H3,(H,26,28)(H,27,29). The lowest BCUT2D eigenvalue weighted by Gasteiger charge is -2.11. The van der Waals surface area contributed by atoms with Gasteiger partial charge < -0.3 is 9.47 Å². The summed E-state index contributed by atoms with van der Waals surface area (Å²) in [6.45, 7) is 0.523. The molecule has 2 amide bonds. The molecular weight excluding hydrogens is 460 g/mol. The second-order valence-corrected chi connectivity index (χ2v) is 7.61. The molecule has 3 aromatic rings. The second kappa shape index (κ2) is 11.2. The minimum Gasteiger partial charge on any atom is -0.497 e. The molecular formula is C24H23BrN2O4. The number of rotatable bonds is 8. The Morgan fingerprint density at radius 3 is 2.32 bits per heavy atom. The molecule has 160 valence electrons. The Morgan fingerprint density at radius 2 is 1.65 bits per heavy atom. The van der Waals surface area contributed by atoms with Crippen molar-refractivity contribution in [3.05, 3.63) is 94.0 Å². The van der Waals surface area contributed by atoms with Gasteiger partial charge in [0.2, 0.25) is 5.91 Å². The van der Waals surface area contributed by atoms with Crippen molar-refractivity contribution in [3.63, 3.8) is 0 Å². The van der Waals surface area contributed by atoms with Gasteiger partial charge in [-0.15, -0.1) is 0 Å². The highest BCUT2D eigenvalue weighted by Gasteiger charge is 2.11. The molecule has 0 aliphatic carbocycles. The van der Waals surface area contributed by atoms with E-state index in [4.69, 9.17) is 9.47 Å². The average Bonchev–Trinajstić information content (AvgIpc) is 2.79. The van der Waals surface area contributed by atoms with Crippen LogP contribution in [0, 0.1) is 0 Å². The zero-order chi connectivity index (χ0) is 22.1. The predicted octanol–water partition coefficient (Wildman–Crippen LogP) is 4.08. The Hall–Kier alpha value is -3.32. The van der Waals surface area contributed by atoms with Crippen LogP contribution in [0.3, 0.4) is 0 Å². The van der Waals surface area contributed by atoms with Crippen molar-refractivity contribution in [2.45, 2.75) is 12.8 Å². The topological polar surface area (TPSA) is 76.7 Å². The van der Waals surface area contributed by atoms with Gasteiger partial charge in [-0.25, -0.2) is 0 Å². The summed E-state index contributed by atoms with van der Waals surface area (Å²) in [5.74, 6) is 0.629. The van der Waals surface area contributed by atoms with Crippen molar-refractivity contribution in [3.8, 4) is 11.5 Å². The number of ether oxygens (including phenoxy) is 2. The second-order valence-electron chi connectivity index (χ2n) is 6.76. The largest absolute Gasteiger partial charge is 0.497 e. The molecule has 0 bridgehead atoms. The third kappa shape index (κ3) is 6.86. The molecule has 0 aromatic heterocycles. The maximum Gasteiger partial charge on any atom is 0.269 e. The van der Waals surface area contributed by atoms with E-state index in [0.29, 0.717) is 22.4 Å². The fraction of sp³-hybridized carbons (Fsp3) is 0.167. The van der Waals surface area contributed by atoms with Gasteiger partial charge in [0.1, 0.15) is 11.5 Å². The van der Waals surface area contributed by atoms with Gasteiger partial charge in [0.25, 0.3) is 5.91 Å². The number of carbonyl (C=O) groups excluding carboxylic acids is 2. The number of methoxy groups -OCH3 is 1. The quantitative estimate of drug-likeness (QED) is 0.474. The van der Waals surface area contributed by atoms with E-state index in [0.717, 1.165) is 17.7 Å². The van der Waals surface area contributed by atoms with Crippen molar-refractivity contribution in [1.82, 2.24) is 10.9 Å². The molecule has 31 heavy (non-hydrogen) atoms. The van der Waals surface area contributed by atoms with Gasteiger partial charge in [-0.05, 0) is 57.4 Å². The number of hydrazine groups is 1. The van der Waals surface area contributed by atoms with Gasteiger partial charge in [-0.2, -0.15) is 0 Å². The first kappa shape index (κ1) is 22.4. The third-order valence-corrected chi connectivity index (χ3v) is 5.14. The molecule has 3 aromatic carbocycles. The summed E-state index contributed by atoms with van der Waals surface area (Å²) in [5, 5.41) is 0.